The van der Waals surface area contributed by atoms with Crippen LogP contribution in [0.1, 0.15) is 10.5 Å². The summed E-state index contributed by atoms with van der Waals surface area (Å²) in [6.45, 7) is -2.32. The summed E-state index contributed by atoms with van der Waals surface area (Å²) >= 11 is 0.931. The molecule has 0 bridgehead atoms. The number of alkyl halides is 3. The fraction of sp³-hybridized carbons (Fsp3) is 0.312. The molecule has 0 spiro atoms. The third-order valence-electron chi connectivity index (χ3n) is 3.31. The van der Waals surface area contributed by atoms with E-state index in [-0.39, 0.29) is 16.3 Å². The van der Waals surface area contributed by atoms with E-state index in [1.54, 1.807) is 6.07 Å². The van der Waals surface area contributed by atoms with Gasteiger partial charge in [-0.1, -0.05) is 12.1 Å². The van der Waals surface area contributed by atoms with Crippen molar-refractivity contribution < 1.29 is 27.2 Å². The first-order valence-electron chi connectivity index (χ1n) is 7.35. The number of hydrogen-bond donors (Lipinski definition) is 0. The highest BCUT2D eigenvalue weighted by atomic mass is 32.1. The first kappa shape index (κ1) is 19.8. The van der Waals surface area contributed by atoms with Crippen LogP contribution in [0.25, 0.3) is 10.6 Å². The Labute approximate surface area is 150 Å². The maximum Gasteiger partial charge on any atom is 0.406 e. The lowest BCUT2D eigenvalue weighted by Gasteiger charge is -2.24. The number of halogens is 4. The molecule has 1 aromatic heterocycles. The van der Waals surface area contributed by atoms with Crippen LogP contribution >= 0.6 is 11.3 Å². The smallest absolute Gasteiger partial charge is 0.347 e. The maximum atomic E-state index is 13.8. The molecule has 0 saturated carbocycles. The molecule has 0 atom stereocenters. The molecule has 0 unspecified atom stereocenters. The number of carbonyl (C=O) groups excluding carboxylic acids is 2. The van der Waals surface area contributed by atoms with Crippen molar-refractivity contribution in [1.82, 2.24) is 14.8 Å². The zero-order chi connectivity index (χ0) is 19.5. The van der Waals surface area contributed by atoms with E-state index < -0.39 is 36.9 Å². The van der Waals surface area contributed by atoms with Gasteiger partial charge in [-0.15, -0.1) is 11.3 Å². The first-order chi connectivity index (χ1) is 12.1. The lowest BCUT2D eigenvalue weighted by Crippen LogP contribution is -2.45. The Morgan fingerprint density at radius 2 is 1.85 bits per heavy atom. The summed E-state index contributed by atoms with van der Waals surface area (Å²) in [4.78, 5) is 29.6. The molecule has 2 rings (SSSR count). The molecular formula is C16H15F4N3O2S. The summed E-state index contributed by atoms with van der Waals surface area (Å²) < 4.78 is 52.1. The monoisotopic (exact) mass is 389 g/mol. The van der Waals surface area contributed by atoms with Gasteiger partial charge in [-0.2, -0.15) is 13.2 Å². The number of amides is 2. The summed E-state index contributed by atoms with van der Waals surface area (Å²) in [6.07, 6.45) is -4.67. The van der Waals surface area contributed by atoms with Gasteiger partial charge in [0.1, 0.15) is 29.6 Å². The lowest BCUT2D eigenvalue weighted by molar-refractivity contribution is -0.146. The van der Waals surface area contributed by atoms with Gasteiger partial charge >= 0.3 is 6.18 Å². The molecule has 0 N–H and O–H groups in total. The fourth-order valence-corrected chi connectivity index (χ4v) is 2.83. The van der Waals surface area contributed by atoms with Gasteiger partial charge in [-0.25, -0.2) is 9.37 Å². The molecule has 0 aliphatic carbocycles. The average molecular weight is 389 g/mol. The summed E-state index contributed by atoms with van der Waals surface area (Å²) in [5, 5.41) is 1.41. The zero-order valence-corrected chi connectivity index (χ0v) is 14.7. The number of likely N-dealkylation sites (N-methyl/N-ethyl adjacent to an activating group) is 1. The molecule has 1 heterocycles. The Morgan fingerprint density at radius 1 is 1.19 bits per heavy atom. The molecule has 10 heteroatoms. The zero-order valence-electron chi connectivity index (χ0n) is 13.9. The van der Waals surface area contributed by atoms with Gasteiger partial charge in [0.15, 0.2) is 0 Å². The number of rotatable bonds is 5. The van der Waals surface area contributed by atoms with E-state index in [1.165, 1.54) is 37.7 Å². The third kappa shape index (κ3) is 5.01. The quantitative estimate of drug-likeness (QED) is 0.739. The summed E-state index contributed by atoms with van der Waals surface area (Å²) in [5.74, 6) is -2.26. The van der Waals surface area contributed by atoms with E-state index in [4.69, 9.17) is 0 Å². The minimum Gasteiger partial charge on any atom is -0.347 e. The van der Waals surface area contributed by atoms with E-state index in [0.717, 1.165) is 16.2 Å². The standard InChI is InChI=1S/C16H15F4N3O2S/c1-22(2)13(24)7-23(9-16(18,19)20)15(25)12-8-26-14(21-12)10-5-3-4-6-11(10)17/h3-6,8H,7,9H2,1-2H3. The summed E-state index contributed by atoms with van der Waals surface area (Å²) in [7, 11) is 2.75. The summed E-state index contributed by atoms with van der Waals surface area (Å²) in [5.41, 5.74) is -0.132. The van der Waals surface area contributed by atoms with Crippen molar-refractivity contribution in [2.45, 2.75) is 6.18 Å². The Balaban J connectivity index is 2.28. The Bertz CT molecular complexity index is 805. The minimum absolute atomic E-state index is 0.142. The maximum absolute atomic E-state index is 13.8. The Morgan fingerprint density at radius 3 is 2.42 bits per heavy atom. The van der Waals surface area contributed by atoms with Crippen molar-refractivity contribution in [1.29, 1.82) is 0 Å². The van der Waals surface area contributed by atoms with Crippen LogP contribution in [0.2, 0.25) is 0 Å². The van der Waals surface area contributed by atoms with Crippen LogP contribution < -0.4 is 0 Å². The van der Waals surface area contributed by atoms with E-state index in [9.17, 15) is 27.2 Å². The Kier molecular flexibility index (Phi) is 5.96. The fourth-order valence-electron chi connectivity index (χ4n) is 2.01. The van der Waals surface area contributed by atoms with Crippen LogP contribution in [-0.4, -0.2) is 60.0 Å². The van der Waals surface area contributed by atoms with Gasteiger partial charge in [0, 0.05) is 25.0 Å². The molecule has 0 aliphatic heterocycles. The van der Waals surface area contributed by atoms with E-state index >= 15 is 0 Å². The SMILES string of the molecule is CN(C)C(=O)CN(CC(F)(F)F)C(=O)c1csc(-c2ccccc2F)n1. The van der Waals surface area contributed by atoms with Gasteiger partial charge in [0.05, 0.1) is 0 Å². The highest BCUT2D eigenvalue weighted by molar-refractivity contribution is 7.13. The Hall–Kier alpha value is -2.49. The highest BCUT2D eigenvalue weighted by Gasteiger charge is 2.35. The number of thiazole rings is 1. The molecule has 2 amide bonds. The second kappa shape index (κ2) is 7.81. The van der Waals surface area contributed by atoms with E-state index in [2.05, 4.69) is 4.98 Å². The largest absolute Gasteiger partial charge is 0.406 e. The second-order valence-electron chi connectivity index (χ2n) is 5.58. The van der Waals surface area contributed by atoms with Crippen LogP contribution in [0, 0.1) is 5.82 Å². The first-order valence-corrected chi connectivity index (χ1v) is 8.23. The number of nitrogens with zero attached hydrogens (tertiary/aromatic N) is 3. The van der Waals surface area contributed by atoms with Gasteiger partial charge in [0.25, 0.3) is 5.91 Å². The van der Waals surface area contributed by atoms with Gasteiger partial charge < -0.3 is 9.80 Å². The molecule has 2 aromatic rings. The van der Waals surface area contributed by atoms with E-state index in [0.29, 0.717) is 4.90 Å². The van der Waals surface area contributed by atoms with Crippen molar-refractivity contribution >= 4 is 23.2 Å². The topological polar surface area (TPSA) is 53.5 Å². The highest BCUT2D eigenvalue weighted by Crippen LogP contribution is 2.27. The number of aromatic nitrogens is 1. The minimum atomic E-state index is -4.67. The number of benzene rings is 1. The molecule has 26 heavy (non-hydrogen) atoms. The predicted molar refractivity (Wildman–Crippen MR) is 88.2 cm³/mol. The molecule has 0 radical (unpaired) electrons. The van der Waals surface area contributed by atoms with Crippen molar-refractivity contribution in [3.05, 3.63) is 41.2 Å². The van der Waals surface area contributed by atoms with Crippen LogP contribution in [0.5, 0.6) is 0 Å². The second-order valence-corrected chi connectivity index (χ2v) is 6.44. The van der Waals surface area contributed by atoms with Gasteiger partial charge in [0.2, 0.25) is 5.91 Å². The summed E-state index contributed by atoms with van der Waals surface area (Å²) in [6, 6.07) is 5.72. The van der Waals surface area contributed by atoms with Crippen molar-refractivity contribution in [3.63, 3.8) is 0 Å². The van der Waals surface area contributed by atoms with Crippen molar-refractivity contribution in [3.8, 4) is 10.6 Å². The number of hydrogen-bond acceptors (Lipinski definition) is 4. The molecule has 140 valence electrons. The van der Waals surface area contributed by atoms with Gasteiger partial charge in [-0.05, 0) is 12.1 Å². The molecule has 1 aromatic carbocycles. The molecule has 0 fully saturated rings. The average Bonchev–Trinajstić information content (AvgIpc) is 3.02. The van der Waals surface area contributed by atoms with Crippen LogP contribution in [-0.2, 0) is 4.79 Å². The van der Waals surface area contributed by atoms with Crippen LogP contribution in [0.15, 0.2) is 29.6 Å². The van der Waals surface area contributed by atoms with Crippen LogP contribution in [0.3, 0.4) is 0 Å². The molecule has 5 nitrogen and oxygen atoms in total. The molecular weight excluding hydrogens is 374 g/mol. The normalized spacial score (nSPS) is 11.3. The lowest BCUT2D eigenvalue weighted by atomic mass is 10.2. The molecule has 0 aliphatic rings. The molecule has 0 saturated heterocycles. The van der Waals surface area contributed by atoms with Crippen LogP contribution in [0.4, 0.5) is 17.6 Å². The van der Waals surface area contributed by atoms with Crippen molar-refractivity contribution in [2.75, 3.05) is 27.2 Å². The number of carbonyl (C=O) groups is 2. The van der Waals surface area contributed by atoms with Crippen molar-refractivity contribution in [2.24, 2.45) is 0 Å². The predicted octanol–water partition coefficient (Wildman–Crippen LogP) is 3.04. The van der Waals surface area contributed by atoms with E-state index in [1.807, 2.05) is 0 Å². The third-order valence-corrected chi connectivity index (χ3v) is 4.19. The van der Waals surface area contributed by atoms with Gasteiger partial charge in [-0.3, -0.25) is 9.59 Å².